The number of nitrogens with two attached hydrogens (primary N) is 2. The summed E-state index contributed by atoms with van der Waals surface area (Å²) < 4.78 is -0.665. The van der Waals surface area contributed by atoms with E-state index in [-0.39, 0.29) is 18.3 Å². The smallest absolute Gasteiger partial charge is 0.318 e. The lowest BCUT2D eigenvalue weighted by molar-refractivity contribution is -0.122. The zero-order valence-electron chi connectivity index (χ0n) is 12.2. The van der Waals surface area contributed by atoms with Crippen molar-refractivity contribution >= 4 is 40.3 Å². The molecule has 0 saturated heterocycles. The number of amides is 3. The molecule has 9 heteroatoms. The van der Waals surface area contributed by atoms with Crippen molar-refractivity contribution in [3.8, 4) is 0 Å². The van der Waals surface area contributed by atoms with Gasteiger partial charge in [-0.1, -0.05) is 29.8 Å². The molecule has 0 atom stereocenters. The fraction of sp³-hybridized carbons (Fsp3) is 0.583. The number of imidazole rings is 1. The molecule has 122 valence electrons. The summed E-state index contributed by atoms with van der Waals surface area (Å²) in [6.45, 7) is 4.39. The number of urea groups is 1. The number of aromatic nitrogens is 2. The topological polar surface area (TPSA) is 127 Å². The lowest BCUT2D eigenvalue weighted by Crippen LogP contribution is -2.46. The van der Waals surface area contributed by atoms with Crippen LogP contribution >= 0.6 is 28.3 Å². The summed E-state index contributed by atoms with van der Waals surface area (Å²) in [4.78, 5) is 28.5. The van der Waals surface area contributed by atoms with Crippen molar-refractivity contribution in [1.29, 1.82) is 0 Å². The molecule has 0 radical (unpaired) electrons. The number of primary amides is 1. The predicted octanol–water partition coefficient (Wildman–Crippen LogP) is 1.47. The van der Waals surface area contributed by atoms with Crippen molar-refractivity contribution in [2.45, 2.75) is 37.4 Å². The predicted molar refractivity (Wildman–Crippen MR) is 88.6 cm³/mol. The van der Waals surface area contributed by atoms with Crippen molar-refractivity contribution < 1.29 is 9.59 Å². The van der Waals surface area contributed by atoms with Gasteiger partial charge in [0.2, 0.25) is 5.91 Å². The lowest BCUT2D eigenvalue weighted by atomic mass is 10.0. The molecule has 0 bridgehead atoms. The van der Waals surface area contributed by atoms with Gasteiger partial charge in [0.15, 0.2) is 0 Å². The van der Waals surface area contributed by atoms with E-state index in [1.54, 1.807) is 6.33 Å². The van der Waals surface area contributed by atoms with Gasteiger partial charge in [-0.3, -0.25) is 10.1 Å². The Labute approximate surface area is 139 Å². The summed E-state index contributed by atoms with van der Waals surface area (Å²) in [6, 6.07) is -0.814. The van der Waals surface area contributed by atoms with E-state index in [0.717, 1.165) is 12.1 Å². The first-order valence-electron chi connectivity index (χ1n) is 6.37. The monoisotopic (exact) mass is 383 g/mol. The highest BCUT2D eigenvalue weighted by molar-refractivity contribution is 9.10. The number of halogens is 2. The fourth-order valence-corrected chi connectivity index (χ4v) is 1.47. The number of nitrogens with one attached hydrogen (secondary N) is 2. The van der Waals surface area contributed by atoms with Gasteiger partial charge >= 0.3 is 6.03 Å². The molecule has 6 N–H and O–H groups in total. The standard InChI is InChI=1S/C7H13BrN2O2.C5H9N3.ClH/c1-3-7(8,4-2)5(11)10-6(9)12;6-2-1-5-3-7-4-8-5;/h3-4H2,1-2H3,(H3,9,10,11,12);3-4H,1-2,6H2,(H,7,8);1H. The Bertz CT molecular complexity index is 410. The van der Waals surface area contributed by atoms with Crippen molar-refractivity contribution in [2.24, 2.45) is 11.5 Å². The van der Waals surface area contributed by atoms with Crippen LogP contribution in [-0.4, -0.2) is 32.8 Å². The molecule has 1 aromatic rings. The zero-order valence-corrected chi connectivity index (χ0v) is 14.6. The number of carbonyl (C=O) groups excluding carboxylic acids is 2. The maximum Gasteiger partial charge on any atom is 0.318 e. The molecule has 0 spiro atoms. The van der Waals surface area contributed by atoms with Gasteiger partial charge in [0, 0.05) is 12.6 Å². The average Bonchev–Trinajstić information content (AvgIpc) is 2.91. The second-order valence-electron chi connectivity index (χ2n) is 4.09. The first-order chi connectivity index (χ1) is 9.39. The van der Waals surface area contributed by atoms with E-state index in [1.807, 2.05) is 25.4 Å². The summed E-state index contributed by atoms with van der Waals surface area (Å²) in [5, 5.41) is 2.04. The van der Waals surface area contributed by atoms with Crippen LogP contribution in [0.15, 0.2) is 12.5 Å². The van der Waals surface area contributed by atoms with Crippen molar-refractivity contribution in [3.63, 3.8) is 0 Å². The summed E-state index contributed by atoms with van der Waals surface area (Å²) in [6.07, 6.45) is 5.60. The molecule has 7 nitrogen and oxygen atoms in total. The Balaban J connectivity index is 0. The van der Waals surface area contributed by atoms with Gasteiger partial charge in [0.1, 0.15) is 4.32 Å². The van der Waals surface area contributed by atoms with E-state index in [2.05, 4.69) is 25.9 Å². The Hall–Kier alpha value is -1.12. The number of carbonyl (C=O) groups is 2. The van der Waals surface area contributed by atoms with E-state index in [4.69, 9.17) is 11.5 Å². The molecule has 1 heterocycles. The fourth-order valence-electron chi connectivity index (χ4n) is 1.37. The van der Waals surface area contributed by atoms with Gasteiger partial charge in [-0.2, -0.15) is 0 Å². The molecule has 0 aromatic carbocycles. The number of hydrogen-bond donors (Lipinski definition) is 4. The number of rotatable bonds is 5. The van der Waals surface area contributed by atoms with Gasteiger partial charge < -0.3 is 16.5 Å². The molecule has 0 aliphatic carbocycles. The Morgan fingerprint density at radius 3 is 2.33 bits per heavy atom. The van der Waals surface area contributed by atoms with Crippen LogP contribution in [0.4, 0.5) is 4.79 Å². The third-order valence-corrected chi connectivity index (χ3v) is 4.20. The minimum atomic E-state index is -0.814. The third-order valence-electron chi connectivity index (χ3n) is 2.72. The highest BCUT2D eigenvalue weighted by Crippen LogP contribution is 2.26. The van der Waals surface area contributed by atoms with E-state index in [1.165, 1.54) is 0 Å². The molecular weight excluding hydrogens is 362 g/mol. The number of imide groups is 1. The maximum absolute atomic E-state index is 11.3. The van der Waals surface area contributed by atoms with Gasteiger partial charge in [-0.15, -0.1) is 12.4 Å². The number of aromatic amines is 1. The third kappa shape index (κ3) is 8.69. The molecule has 0 aliphatic heterocycles. The van der Waals surface area contributed by atoms with Crippen molar-refractivity contribution in [3.05, 3.63) is 18.2 Å². The number of nitrogens with zero attached hydrogens (tertiary/aromatic N) is 1. The van der Waals surface area contributed by atoms with Crippen LogP contribution in [0.2, 0.25) is 0 Å². The van der Waals surface area contributed by atoms with Crippen LogP contribution in [0.5, 0.6) is 0 Å². The van der Waals surface area contributed by atoms with Gasteiger partial charge in [0.05, 0.1) is 12.0 Å². The molecule has 21 heavy (non-hydrogen) atoms. The van der Waals surface area contributed by atoms with Gasteiger partial charge in [-0.05, 0) is 19.4 Å². The maximum atomic E-state index is 11.3. The summed E-state index contributed by atoms with van der Waals surface area (Å²) in [7, 11) is 0. The molecule has 1 rings (SSSR count). The van der Waals surface area contributed by atoms with E-state index in [9.17, 15) is 9.59 Å². The van der Waals surface area contributed by atoms with Crippen molar-refractivity contribution in [2.75, 3.05) is 6.54 Å². The normalized spacial score (nSPS) is 9.90. The average molecular weight is 385 g/mol. The Morgan fingerprint density at radius 2 is 2.00 bits per heavy atom. The minimum absolute atomic E-state index is 0. The van der Waals surface area contributed by atoms with E-state index < -0.39 is 10.4 Å². The molecule has 3 amide bonds. The summed E-state index contributed by atoms with van der Waals surface area (Å²) in [5.74, 6) is -0.375. The first-order valence-corrected chi connectivity index (χ1v) is 7.16. The van der Waals surface area contributed by atoms with Crippen molar-refractivity contribution in [1.82, 2.24) is 15.3 Å². The number of alkyl halides is 1. The Kier molecular flexibility index (Phi) is 12.2. The molecular formula is C12H23BrClN5O2. The first kappa shape index (κ1) is 22.2. The molecule has 0 unspecified atom stereocenters. The van der Waals surface area contributed by atoms with Crippen LogP contribution < -0.4 is 16.8 Å². The molecule has 0 aliphatic rings. The highest BCUT2D eigenvalue weighted by atomic mass is 79.9. The summed E-state index contributed by atoms with van der Waals surface area (Å²) >= 11 is 3.26. The van der Waals surface area contributed by atoms with E-state index >= 15 is 0 Å². The minimum Gasteiger partial charge on any atom is -0.351 e. The molecule has 0 fully saturated rings. The van der Waals surface area contributed by atoms with Crippen LogP contribution in [0.3, 0.4) is 0 Å². The zero-order chi connectivity index (χ0) is 15.6. The second-order valence-corrected chi connectivity index (χ2v) is 5.61. The van der Waals surface area contributed by atoms with Crippen LogP contribution in [0.25, 0.3) is 0 Å². The molecule has 1 aromatic heterocycles. The van der Waals surface area contributed by atoms with Gasteiger partial charge in [-0.25, -0.2) is 9.78 Å². The second kappa shape index (κ2) is 11.5. The summed E-state index contributed by atoms with van der Waals surface area (Å²) in [5.41, 5.74) is 11.1. The Morgan fingerprint density at radius 1 is 1.43 bits per heavy atom. The van der Waals surface area contributed by atoms with Gasteiger partial charge in [0.25, 0.3) is 0 Å². The van der Waals surface area contributed by atoms with Crippen LogP contribution in [0.1, 0.15) is 32.4 Å². The number of hydrogen-bond acceptors (Lipinski definition) is 4. The molecule has 0 saturated carbocycles. The highest BCUT2D eigenvalue weighted by Gasteiger charge is 2.32. The SMILES string of the molecule is CCC(Br)(CC)C(=O)NC(N)=O.Cl.NCCc1c[nH]cn1. The van der Waals surface area contributed by atoms with E-state index in [0.29, 0.717) is 19.4 Å². The van der Waals surface area contributed by atoms with Crippen LogP contribution in [-0.2, 0) is 11.2 Å². The van der Waals surface area contributed by atoms with Crippen LogP contribution in [0, 0.1) is 0 Å². The largest absolute Gasteiger partial charge is 0.351 e. The number of H-pyrrole nitrogens is 1. The quantitative estimate of drug-likeness (QED) is 0.573. The lowest BCUT2D eigenvalue weighted by Gasteiger charge is -2.21.